The minimum Gasteiger partial charge on any atom is -0.304 e. The Morgan fingerprint density at radius 3 is 2.09 bits per heavy atom. The lowest BCUT2D eigenvalue weighted by Crippen LogP contribution is -2.30. The van der Waals surface area contributed by atoms with Gasteiger partial charge in [-0.05, 0) is 49.2 Å². The average Bonchev–Trinajstić information content (AvgIpc) is 3.11. The number of carbonyl (C=O) groups is 1. The number of anilines is 1. The third-order valence-corrected chi connectivity index (χ3v) is 5.56. The van der Waals surface area contributed by atoms with E-state index in [-0.39, 0.29) is 11.6 Å². The number of aryl methyl sites for hydroxylation is 1. The zero-order chi connectivity index (χ0) is 23.4. The van der Waals surface area contributed by atoms with Gasteiger partial charge in [0.15, 0.2) is 0 Å². The molecule has 0 aliphatic heterocycles. The Kier molecular flexibility index (Phi) is 6.31. The summed E-state index contributed by atoms with van der Waals surface area (Å²) < 4.78 is 1.62. The van der Waals surface area contributed by atoms with Gasteiger partial charge in [0.25, 0.3) is 5.91 Å². The summed E-state index contributed by atoms with van der Waals surface area (Å²) in [5.41, 5.74) is 4.28. The maximum Gasteiger partial charge on any atom is 0.312 e. The first-order valence-corrected chi connectivity index (χ1v) is 10.6. The first-order chi connectivity index (χ1) is 15.9. The van der Waals surface area contributed by atoms with Crippen molar-refractivity contribution in [1.29, 1.82) is 0 Å². The van der Waals surface area contributed by atoms with Crippen LogP contribution in [0.3, 0.4) is 0 Å². The molecule has 0 bridgehead atoms. The van der Waals surface area contributed by atoms with Crippen molar-refractivity contribution >= 4 is 17.3 Å². The molecule has 1 amide bonds. The second-order valence-corrected chi connectivity index (χ2v) is 7.84. The molecule has 0 saturated carbocycles. The Hall–Kier alpha value is -4.26. The standard InChI is InChI=1S/C26H24N4O3/c1-19-25(30(32)33)20(2)29(27-19)18-22-13-15-23(16-14-22)26(31)28(24-11-7-4-8-12-24)17-21-9-5-3-6-10-21/h3-16H,17-18H2,1-2H3. The highest BCUT2D eigenvalue weighted by atomic mass is 16.6. The number of nitro groups is 1. The molecule has 0 radical (unpaired) electrons. The first kappa shape index (κ1) is 22.0. The minimum atomic E-state index is -0.402. The van der Waals surface area contributed by atoms with Gasteiger partial charge in [0.1, 0.15) is 11.4 Å². The van der Waals surface area contributed by atoms with E-state index < -0.39 is 4.92 Å². The van der Waals surface area contributed by atoms with Crippen LogP contribution in [0, 0.1) is 24.0 Å². The molecule has 0 unspecified atom stereocenters. The number of para-hydroxylation sites is 1. The van der Waals surface area contributed by atoms with Crippen LogP contribution in [-0.4, -0.2) is 20.6 Å². The highest BCUT2D eigenvalue weighted by molar-refractivity contribution is 6.06. The Balaban J connectivity index is 1.57. The largest absolute Gasteiger partial charge is 0.312 e. The van der Waals surface area contributed by atoms with Crippen LogP contribution in [0.25, 0.3) is 0 Å². The second kappa shape index (κ2) is 9.48. The van der Waals surface area contributed by atoms with E-state index in [9.17, 15) is 14.9 Å². The molecule has 166 valence electrons. The highest BCUT2D eigenvalue weighted by Gasteiger charge is 2.22. The summed E-state index contributed by atoms with van der Waals surface area (Å²) in [4.78, 5) is 26.0. The number of aromatic nitrogens is 2. The smallest absolute Gasteiger partial charge is 0.304 e. The van der Waals surface area contributed by atoms with Gasteiger partial charge in [0.2, 0.25) is 0 Å². The molecular weight excluding hydrogens is 416 g/mol. The van der Waals surface area contributed by atoms with Crippen molar-refractivity contribution in [1.82, 2.24) is 9.78 Å². The Labute approximate surface area is 192 Å². The first-order valence-electron chi connectivity index (χ1n) is 10.6. The van der Waals surface area contributed by atoms with Gasteiger partial charge in [-0.3, -0.25) is 19.6 Å². The van der Waals surface area contributed by atoms with Crippen molar-refractivity contribution in [3.8, 4) is 0 Å². The molecule has 7 nitrogen and oxygen atoms in total. The van der Waals surface area contributed by atoms with Gasteiger partial charge in [-0.1, -0.05) is 60.7 Å². The maximum absolute atomic E-state index is 13.4. The molecule has 0 spiro atoms. The Morgan fingerprint density at radius 2 is 1.52 bits per heavy atom. The molecule has 33 heavy (non-hydrogen) atoms. The van der Waals surface area contributed by atoms with E-state index in [0.29, 0.717) is 30.0 Å². The number of benzene rings is 3. The Morgan fingerprint density at radius 1 is 0.909 bits per heavy atom. The van der Waals surface area contributed by atoms with E-state index in [4.69, 9.17) is 0 Å². The van der Waals surface area contributed by atoms with E-state index in [1.54, 1.807) is 35.6 Å². The fourth-order valence-electron chi connectivity index (χ4n) is 3.84. The summed E-state index contributed by atoms with van der Waals surface area (Å²) in [6.45, 7) is 4.17. The highest BCUT2D eigenvalue weighted by Crippen LogP contribution is 2.23. The molecular formula is C26H24N4O3. The van der Waals surface area contributed by atoms with Crippen molar-refractivity contribution in [3.05, 3.63) is 123 Å². The molecule has 7 heteroatoms. The van der Waals surface area contributed by atoms with Crippen molar-refractivity contribution in [2.45, 2.75) is 26.9 Å². The van der Waals surface area contributed by atoms with Crippen LogP contribution in [0.5, 0.6) is 0 Å². The van der Waals surface area contributed by atoms with E-state index in [0.717, 1.165) is 16.8 Å². The van der Waals surface area contributed by atoms with Gasteiger partial charge >= 0.3 is 5.69 Å². The van der Waals surface area contributed by atoms with Crippen molar-refractivity contribution < 1.29 is 9.72 Å². The van der Waals surface area contributed by atoms with Crippen molar-refractivity contribution in [2.75, 3.05) is 4.90 Å². The predicted molar refractivity (Wildman–Crippen MR) is 127 cm³/mol. The van der Waals surface area contributed by atoms with Gasteiger partial charge in [-0.25, -0.2) is 0 Å². The molecule has 0 aliphatic rings. The summed E-state index contributed by atoms with van der Waals surface area (Å²) in [7, 11) is 0. The van der Waals surface area contributed by atoms with Gasteiger partial charge in [0, 0.05) is 11.3 Å². The van der Waals surface area contributed by atoms with Crippen LogP contribution < -0.4 is 4.90 Å². The lowest BCUT2D eigenvalue weighted by molar-refractivity contribution is -0.386. The van der Waals surface area contributed by atoms with Gasteiger partial charge in [-0.15, -0.1) is 0 Å². The van der Waals surface area contributed by atoms with Crippen LogP contribution in [0.15, 0.2) is 84.9 Å². The number of nitrogens with zero attached hydrogens (tertiary/aromatic N) is 4. The third-order valence-electron chi connectivity index (χ3n) is 5.56. The molecule has 3 aromatic carbocycles. The molecule has 0 fully saturated rings. The van der Waals surface area contributed by atoms with Crippen LogP contribution in [0.1, 0.15) is 32.9 Å². The summed E-state index contributed by atoms with van der Waals surface area (Å²) in [5, 5.41) is 15.5. The number of hydrogen-bond donors (Lipinski definition) is 0. The minimum absolute atomic E-state index is 0.0428. The van der Waals surface area contributed by atoms with Gasteiger partial charge in [0.05, 0.1) is 18.0 Å². The lowest BCUT2D eigenvalue weighted by Gasteiger charge is -2.23. The monoisotopic (exact) mass is 440 g/mol. The SMILES string of the molecule is Cc1nn(Cc2ccc(C(=O)N(Cc3ccccc3)c3ccccc3)cc2)c(C)c1[N+](=O)[O-]. The topological polar surface area (TPSA) is 81.3 Å². The molecule has 1 aromatic heterocycles. The summed E-state index contributed by atoms with van der Waals surface area (Å²) >= 11 is 0. The maximum atomic E-state index is 13.4. The van der Waals surface area contributed by atoms with E-state index in [2.05, 4.69) is 5.10 Å². The van der Waals surface area contributed by atoms with E-state index in [1.807, 2.05) is 72.8 Å². The molecule has 0 atom stereocenters. The Bertz CT molecular complexity index is 1270. The number of amides is 1. The van der Waals surface area contributed by atoms with Crippen molar-refractivity contribution in [3.63, 3.8) is 0 Å². The molecule has 4 rings (SSSR count). The zero-order valence-corrected chi connectivity index (χ0v) is 18.5. The van der Waals surface area contributed by atoms with E-state index in [1.165, 1.54) is 0 Å². The number of rotatable bonds is 7. The fourth-order valence-corrected chi connectivity index (χ4v) is 3.84. The zero-order valence-electron chi connectivity index (χ0n) is 18.5. The average molecular weight is 441 g/mol. The second-order valence-electron chi connectivity index (χ2n) is 7.84. The van der Waals surface area contributed by atoms with Crippen LogP contribution >= 0.6 is 0 Å². The summed E-state index contributed by atoms with van der Waals surface area (Å²) in [6, 6.07) is 26.8. The number of hydrogen-bond acceptors (Lipinski definition) is 4. The van der Waals surface area contributed by atoms with E-state index >= 15 is 0 Å². The lowest BCUT2D eigenvalue weighted by atomic mass is 10.1. The summed E-state index contributed by atoms with van der Waals surface area (Å²) in [5.74, 6) is -0.0987. The molecule has 4 aromatic rings. The fraction of sp³-hybridized carbons (Fsp3) is 0.154. The van der Waals surface area contributed by atoms with Crippen LogP contribution in [0.4, 0.5) is 11.4 Å². The summed E-state index contributed by atoms with van der Waals surface area (Å²) in [6.07, 6.45) is 0. The molecule has 0 aliphatic carbocycles. The molecule has 1 heterocycles. The van der Waals surface area contributed by atoms with Crippen molar-refractivity contribution in [2.24, 2.45) is 0 Å². The molecule has 0 saturated heterocycles. The van der Waals surface area contributed by atoms with Crippen LogP contribution in [-0.2, 0) is 13.1 Å². The third kappa shape index (κ3) is 4.82. The van der Waals surface area contributed by atoms with Gasteiger partial charge < -0.3 is 4.90 Å². The predicted octanol–water partition coefficient (Wildman–Crippen LogP) is 5.30. The quantitative estimate of drug-likeness (QED) is 0.288. The van der Waals surface area contributed by atoms with Crippen LogP contribution in [0.2, 0.25) is 0 Å². The normalized spacial score (nSPS) is 10.7. The molecule has 0 N–H and O–H groups in total. The number of carbonyl (C=O) groups excluding carboxylic acids is 1. The van der Waals surface area contributed by atoms with Gasteiger partial charge in [-0.2, -0.15) is 5.10 Å².